The van der Waals surface area contributed by atoms with Crippen molar-refractivity contribution in [3.05, 3.63) is 0 Å². The summed E-state index contributed by atoms with van der Waals surface area (Å²) in [6, 6.07) is 1.11. The van der Waals surface area contributed by atoms with Crippen molar-refractivity contribution in [2.45, 2.75) is 95.6 Å². The first-order valence-electron chi connectivity index (χ1n) is 10.6. The normalized spacial score (nSPS) is 28.6. The van der Waals surface area contributed by atoms with Crippen molar-refractivity contribution >= 4 is 30.8 Å². The SMILES string of the molecule is C1CN2CCC1CC2.Cl.Cl.N=C(NC1CCCCC1)NC1CCCCC1. The quantitative estimate of drug-likeness (QED) is 0.459. The number of piperidine rings is 3. The molecule has 5 fully saturated rings. The smallest absolute Gasteiger partial charge is 0.188 e. The fraction of sp³-hybridized carbons (Fsp3) is 0.950. The summed E-state index contributed by atoms with van der Waals surface area (Å²) in [6.07, 6.45) is 17.5. The van der Waals surface area contributed by atoms with Gasteiger partial charge >= 0.3 is 0 Å². The van der Waals surface area contributed by atoms with Gasteiger partial charge in [-0.05, 0) is 70.5 Å². The van der Waals surface area contributed by atoms with Crippen LogP contribution < -0.4 is 10.6 Å². The van der Waals surface area contributed by atoms with Crippen LogP contribution in [0.1, 0.15) is 83.5 Å². The molecule has 3 heterocycles. The Bertz CT molecular complexity index is 329. The van der Waals surface area contributed by atoms with E-state index in [4.69, 9.17) is 5.41 Å². The van der Waals surface area contributed by atoms with Gasteiger partial charge in [-0.25, -0.2) is 0 Å². The van der Waals surface area contributed by atoms with Crippen LogP contribution >= 0.6 is 24.8 Å². The highest BCUT2D eigenvalue weighted by Crippen LogP contribution is 2.26. The molecule has 6 heteroatoms. The van der Waals surface area contributed by atoms with Gasteiger partial charge in [0.2, 0.25) is 0 Å². The lowest BCUT2D eigenvalue weighted by Gasteiger charge is -2.38. The summed E-state index contributed by atoms with van der Waals surface area (Å²) in [5.74, 6) is 1.68. The highest BCUT2D eigenvalue weighted by atomic mass is 35.5. The van der Waals surface area contributed by atoms with Crippen molar-refractivity contribution in [1.29, 1.82) is 5.41 Å². The number of nitrogens with zero attached hydrogens (tertiary/aromatic N) is 1. The van der Waals surface area contributed by atoms with E-state index in [0.29, 0.717) is 18.0 Å². The summed E-state index contributed by atoms with van der Waals surface area (Å²) in [5, 5.41) is 14.6. The van der Waals surface area contributed by atoms with Crippen molar-refractivity contribution in [3.63, 3.8) is 0 Å². The Balaban J connectivity index is 0.000000286. The number of hydrogen-bond donors (Lipinski definition) is 3. The molecule has 2 bridgehead atoms. The fourth-order valence-corrected chi connectivity index (χ4v) is 4.81. The van der Waals surface area contributed by atoms with Crippen LogP contribution in [0.15, 0.2) is 0 Å². The van der Waals surface area contributed by atoms with E-state index in [1.165, 1.54) is 103 Å². The predicted octanol–water partition coefficient (Wildman–Crippen LogP) is 4.71. The maximum absolute atomic E-state index is 7.94. The van der Waals surface area contributed by atoms with E-state index in [-0.39, 0.29) is 24.8 Å². The van der Waals surface area contributed by atoms with E-state index in [2.05, 4.69) is 15.5 Å². The molecule has 0 aromatic rings. The lowest BCUT2D eigenvalue weighted by molar-refractivity contribution is 0.111. The predicted molar refractivity (Wildman–Crippen MR) is 116 cm³/mol. The number of guanidine groups is 1. The minimum atomic E-state index is 0. The highest BCUT2D eigenvalue weighted by Gasteiger charge is 2.24. The Hall–Kier alpha value is -0.190. The number of hydrogen-bond acceptors (Lipinski definition) is 2. The van der Waals surface area contributed by atoms with Crippen LogP contribution in [0.2, 0.25) is 0 Å². The van der Waals surface area contributed by atoms with Crippen LogP contribution in [0.4, 0.5) is 0 Å². The molecule has 2 saturated carbocycles. The third-order valence-corrected chi connectivity index (χ3v) is 6.47. The third-order valence-electron chi connectivity index (χ3n) is 6.47. The third kappa shape index (κ3) is 8.22. The fourth-order valence-electron chi connectivity index (χ4n) is 4.81. The Kier molecular flexibility index (Phi) is 12.0. The zero-order chi connectivity index (χ0) is 16.6. The van der Waals surface area contributed by atoms with Gasteiger partial charge in [0.05, 0.1) is 0 Å². The van der Waals surface area contributed by atoms with Crippen LogP contribution in [-0.2, 0) is 0 Å². The summed E-state index contributed by atoms with van der Waals surface area (Å²) in [4.78, 5) is 2.58. The van der Waals surface area contributed by atoms with Gasteiger partial charge in [0.1, 0.15) is 0 Å². The van der Waals surface area contributed by atoms with E-state index in [9.17, 15) is 0 Å². The number of halogens is 2. The molecule has 0 aromatic carbocycles. The molecule has 3 saturated heterocycles. The van der Waals surface area contributed by atoms with Crippen LogP contribution in [0.3, 0.4) is 0 Å². The largest absolute Gasteiger partial charge is 0.354 e. The van der Waals surface area contributed by atoms with E-state index in [1.807, 2.05) is 0 Å². The van der Waals surface area contributed by atoms with Gasteiger partial charge in [-0.2, -0.15) is 0 Å². The lowest BCUT2D eigenvalue weighted by atomic mass is 9.89. The maximum Gasteiger partial charge on any atom is 0.188 e. The van der Waals surface area contributed by atoms with Crippen LogP contribution in [0.5, 0.6) is 0 Å². The minimum Gasteiger partial charge on any atom is -0.354 e. The monoisotopic (exact) mass is 406 g/mol. The standard InChI is InChI=1S/C13H25N3.C7H13N.2ClH/c14-13(15-11-7-3-1-4-8-11)16-12-9-5-2-6-10-12;1-4-8-5-2-7(1)3-6-8;;/h11-12H,1-10H2,(H3,14,15,16);7H,1-6H2;2*1H. The molecule has 2 aliphatic carbocycles. The molecule has 3 N–H and O–H groups in total. The second-order valence-electron chi connectivity index (χ2n) is 8.41. The first-order valence-corrected chi connectivity index (χ1v) is 10.6. The average molecular weight is 407 g/mol. The molecule has 0 amide bonds. The van der Waals surface area contributed by atoms with E-state index < -0.39 is 0 Å². The summed E-state index contributed by atoms with van der Waals surface area (Å²) in [5.41, 5.74) is 0. The Labute approximate surface area is 173 Å². The minimum absolute atomic E-state index is 0. The van der Waals surface area contributed by atoms with Crippen LogP contribution in [-0.4, -0.2) is 42.6 Å². The van der Waals surface area contributed by atoms with E-state index in [1.54, 1.807) is 0 Å². The van der Waals surface area contributed by atoms with Crippen molar-refractivity contribution in [2.75, 3.05) is 19.6 Å². The average Bonchev–Trinajstić information content (AvgIpc) is 2.65. The molecule has 5 rings (SSSR count). The molecule has 5 aliphatic rings. The number of nitrogens with one attached hydrogen (secondary N) is 3. The zero-order valence-corrected chi connectivity index (χ0v) is 17.9. The Morgan fingerprint density at radius 1 is 0.615 bits per heavy atom. The number of rotatable bonds is 2. The van der Waals surface area contributed by atoms with Gasteiger partial charge in [-0.3, -0.25) is 5.41 Å². The molecule has 0 radical (unpaired) electrons. The molecule has 4 nitrogen and oxygen atoms in total. The summed E-state index contributed by atoms with van der Waals surface area (Å²) >= 11 is 0. The van der Waals surface area contributed by atoms with Gasteiger partial charge < -0.3 is 15.5 Å². The highest BCUT2D eigenvalue weighted by molar-refractivity contribution is 5.85. The molecule has 0 unspecified atom stereocenters. The van der Waals surface area contributed by atoms with Gasteiger partial charge in [-0.1, -0.05) is 38.5 Å². The van der Waals surface area contributed by atoms with Gasteiger partial charge in [-0.15, -0.1) is 24.8 Å². The second-order valence-corrected chi connectivity index (χ2v) is 8.41. The Morgan fingerprint density at radius 3 is 1.27 bits per heavy atom. The van der Waals surface area contributed by atoms with Crippen LogP contribution in [0, 0.1) is 11.3 Å². The van der Waals surface area contributed by atoms with Gasteiger partial charge in [0, 0.05) is 12.1 Å². The van der Waals surface area contributed by atoms with E-state index >= 15 is 0 Å². The summed E-state index contributed by atoms with van der Waals surface area (Å²) in [6.45, 7) is 4.18. The van der Waals surface area contributed by atoms with Crippen molar-refractivity contribution in [2.24, 2.45) is 5.92 Å². The Morgan fingerprint density at radius 2 is 1.00 bits per heavy atom. The maximum atomic E-state index is 7.94. The molecule has 0 aromatic heterocycles. The zero-order valence-electron chi connectivity index (χ0n) is 16.3. The molecule has 26 heavy (non-hydrogen) atoms. The van der Waals surface area contributed by atoms with Gasteiger partial charge in [0.25, 0.3) is 0 Å². The summed E-state index contributed by atoms with van der Waals surface area (Å²) in [7, 11) is 0. The molecular weight excluding hydrogens is 367 g/mol. The van der Waals surface area contributed by atoms with Gasteiger partial charge in [0.15, 0.2) is 5.96 Å². The second kappa shape index (κ2) is 13.1. The molecule has 154 valence electrons. The van der Waals surface area contributed by atoms with Crippen LogP contribution in [0.25, 0.3) is 0 Å². The summed E-state index contributed by atoms with van der Waals surface area (Å²) < 4.78 is 0. The first-order chi connectivity index (χ1) is 11.8. The first kappa shape index (κ1) is 23.8. The van der Waals surface area contributed by atoms with Crippen molar-refractivity contribution in [1.82, 2.24) is 15.5 Å². The molecule has 0 atom stereocenters. The molecule has 3 aliphatic heterocycles. The van der Waals surface area contributed by atoms with E-state index in [0.717, 1.165) is 5.92 Å². The molecule has 0 spiro atoms. The van der Waals surface area contributed by atoms with Crippen molar-refractivity contribution < 1.29 is 0 Å². The molecular formula is C20H40Cl2N4. The topological polar surface area (TPSA) is 51.2 Å². The lowest BCUT2D eigenvalue weighted by Crippen LogP contribution is -2.47. The number of fused-ring (bicyclic) bond motifs is 3. The van der Waals surface area contributed by atoms with Crippen molar-refractivity contribution in [3.8, 4) is 0 Å².